The van der Waals surface area contributed by atoms with Crippen LogP contribution in [0.1, 0.15) is 10.6 Å². The summed E-state index contributed by atoms with van der Waals surface area (Å²) in [5, 5.41) is 4.28. The standard InChI is InChI=1S/C13H13Br2NS/c14-9-11(8-13-16-4-5-17-13)6-10-2-1-3-12(15)7-10/h1-5,7,11H,6,8-9H2. The molecule has 2 aromatic rings. The van der Waals surface area contributed by atoms with Gasteiger partial charge in [-0.15, -0.1) is 11.3 Å². The summed E-state index contributed by atoms with van der Waals surface area (Å²) in [4.78, 5) is 4.35. The molecule has 0 saturated carbocycles. The maximum Gasteiger partial charge on any atom is 0.0927 e. The molecule has 1 aromatic heterocycles. The lowest BCUT2D eigenvalue weighted by Gasteiger charge is -2.12. The summed E-state index contributed by atoms with van der Waals surface area (Å²) in [5.74, 6) is 0.607. The van der Waals surface area contributed by atoms with E-state index in [2.05, 4.69) is 61.1 Å². The molecule has 0 fully saturated rings. The molecule has 1 unspecified atom stereocenters. The first kappa shape index (κ1) is 13.2. The zero-order valence-electron chi connectivity index (χ0n) is 9.27. The molecule has 1 aromatic carbocycles. The van der Waals surface area contributed by atoms with E-state index >= 15 is 0 Å². The number of thiazole rings is 1. The molecule has 17 heavy (non-hydrogen) atoms. The molecule has 1 nitrogen and oxygen atoms in total. The van der Waals surface area contributed by atoms with Crippen LogP contribution in [0, 0.1) is 5.92 Å². The maximum atomic E-state index is 4.35. The predicted molar refractivity (Wildman–Crippen MR) is 80.9 cm³/mol. The lowest BCUT2D eigenvalue weighted by molar-refractivity contribution is 0.589. The predicted octanol–water partition coefficient (Wildman–Crippen LogP) is 4.70. The minimum atomic E-state index is 0.607. The Hall–Kier alpha value is -0.190. The number of halogens is 2. The summed E-state index contributed by atoms with van der Waals surface area (Å²) in [6.45, 7) is 0. The van der Waals surface area contributed by atoms with Crippen molar-refractivity contribution in [1.29, 1.82) is 0 Å². The van der Waals surface area contributed by atoms with Crippen molar-refractivity contribution >= 4 is 43.2 Å². The number of benzene rings is 1. The van der Waals surface area contributed by atoms with Gasteiger partial charge < -0.3 is 0 Å². The molecule has 2 rings (SSSR count). The van der Waals surface area contributed by atoms with Gasteiger partial charge in [-0.1, -0.05) is 44.0 Å². The van der Waals surface area contributed by atoms with Crippen molar-refractivity contribution in [3.8, 4) is 0 Å². The molecule has 0 amide bonds. The van der Waals surface area contributed by atoms with Gasteiger partial charge in [-0.05, 0) is 30.0 Å². The van der Waals surface area contributed by atoms with E-state index in [1.807, 2.05) is 11.6 Å². The fraction of sp³-hybridized carbons (Fsp3) is 0.308. The molecule has 4 heteroatoms. The summed E-state index contributed by atoms with van der Waals surface area (Å²) >= 11 is 8.85. The zero-order chi connectivity index (χ0) is 12.1. The average molecular weight is 375 g/mol. The van der Waals surface area contributed by atoms with Crippen LogP contribution in [0.3, 0.4) is 0 Å². The summed E-state index contributed by atoms with van der Waals surface area (Å²) in [7, 11) is 0. The normalized spacial score (nSPS) is 12.6. The van der Waals surface area contributed by atoms with Gasteiger partial charge in [-0.2, -0.15) is 0 Å². The molecule has 0 spiro atoms. The maximum absolute atomic E-state index is 4.35. The fourth-order valence-electron chi connectivity index (χ4n) is 1.78. The van der Waals surface area contributed by atoms with Crippen LogP contribution in [0.2, 0.25) is 0 Å². The van der Waals surface area contributed by atoms with Gasteiger partial charge in [-0.3, -0.25) is 0 Å². The molecule has 1 atom stereocenters. The quantitative estimate of drug-likeness (QED) is 0.691. The molecule has 0 N–H and O–H groups in total. The number of rotatable bonds is 5. The van der Waals surface area contributed by atoms with Gasteiger partial charge in [0.25, 0.3) is 0 Å². The molecule has 90 valence electrons. The average Bonchev–Trinajstić information content (AvgIpc) is 2.81. The van der Waals surface area contributed by atoms with E-state index in [0.29, 0.717) is 5.92 Å². The van der Waals surface area contributed by atoms with E-state index in [-0.39, 0.29) is 0 Å². The number of aromatic nitrogens is 1. The smallest absolute Gasteiger partial charge is 0.0927 e. The molecule has 0 radical (unpaired) electrons. The molecule has 0 saturated heterocycles. The minimum Gasteiger partial charge on any atom is -0.250 e. The summed E-state index contributed by atoms with van der Waals surface area (Å²) < 4.78 is 1.15. The van der Waals surface area contributed by atoms with E-state index in [1.165, 1.54) is 10.6 Å². The van der Waals surface area contributed by atoms with Crippen molar-refractivity contribution < 1.29 is 0 Å². The first-order chi connectivity index (χ1) is 8.28. The highest BCUT2D eigenvalue weighted by Gasteiger charge is 2.11. The molecule has 0 aliphatic heterocycles. The van der Waals surface area contributed by atoms with Gasteiger partial charge in [0.1, 0.15) is 0 Å². The van der Waals surface area contributed by atoms with Crippen LogP contribution in [0.4, 0.5) is 0 Å². The second-order valence-corrected chi connectivity index (χ2v) is 6.53. The van der Waals surface area contributed by atoms with Gasteiger partial charge >= 0.3 is 0 Å². The Balaban J connectivity index is 2.00. The first-order valence-corrected chi connectivity index (χ1v) is 8.26. The van der Waals surface area contributed by atoms with Gasteiger partial charge in [0, 0.05) is 27.8 Å². The summed E-state index contributed by atoms with van der Waals surface area (Å²) in [6, 6.07) is 8.53. The molecule has 1 heterocycles. The SMILES string of the molecule is BrCC(Cc1cccc(Br)c1)Cc1nccs1. The Bertz CT molecular complexity index is 456. The van der Waals surface area contributed by atoms with Gasteiger partial charge in [0.2, 0.25) is 0 Å². The van der Waals surface area contributed by atoms with Crippen LogP contribution >= 0.6 is 43.2 Å². The largest absolute Gasteiger partial charge is 0.250 e. The molecule has 0 bridgehead atoms. The number of hydrogen-bond donors (Lipinski definition) is 0. The third-order valence-corrected chi connectivity index (χ3v) is 4.79. The first-order valence-electron chi connectivity index (χ1n) is 5.46. The van der Waals surface area contributed by atoms with Crippen LogP contribution in [0.25, 0.3) is 0 Å². The van der Waals surface area contributed by atoms with Crippen molar-refractivity contribution in [1.82, 2.24) is 4.98 Å². The molecular weight excluding hydrogens is 362 g/mol. The topological polar surface area (TPSA) is 12.9 Å². The molecule has 0 aliphatic carbocycles. The minimum absolute atomic E-state index is 0.607. The van der Waals surface area contributed by atoms with E-state index in [4.69, 9.17) is 0 Å². The van der Waals surface area contributed by atoms with Crippen LogP contribution in [0.5, 0.6) is 0 Å². The Labute approximate surface area is 123 Å². The highest BCUT2D eigenvalue weighted by Crippen LogP contribution is 2.20. The fourth-order valence-corrected chi connectivity index (χ4v) is 3.42. The molecular formula is C13H13Br2NS. The zero-order valence-corrected chi connectivity index (χ0v) is 13.3. The Morgan fingerprint density at radius 3 is 2.82 bits per heavy atom. The Kier molecular flexibility index (Phi) is 5.19. The molecule has 0 aliphatic rings. The van der Waals surface area contributed by atoms with Crippen LogP contribution in [0.15, 0.2) is 40.3 Å². The van der Waals surface area contributed by atoms with Crippen molar-refractivity contribution in [3.05, 3.63) is 50.9 Å². The van der Waals surface area contributed by atoms with Crippen molar-refractivity contribution in [3.63, 3.8) is 0 Å². The summed E-state index contributed by atoms with van der Waals surface area (Å²) in [6.07, 6.45) is 4.02. The van der Waals surface area contributed by atoms with Crippen LogP contribution < -0.4 is 0 Å². The van der Waals surface area contributed by atoms with Crippen molar-refractivity contribution in [2.75, 3.05) is 5.33 Å². The van der Waals surface area contributed by atoms with Crippen molar-refractivity contribution in [2.24, 2.45) is 5.92 Å². The Morgan fingerprint density at radius 1 is 1.29 bits per heavy atom. The van der Waals surface area contributed by atoms with E-state index < -0.39 is 0 Å². The highest BCUT2D eigenvalue weighted by atomic mass is 79.9. The lowest BCUT2D eigenvalue weighted by atomic mass is 9.98. The van der Waals surface area contributed by atoms with Crippen molar-refractivity contribution in [2.45, 2.75) is 12.8 Å². The Morgan fingerprint density at radius 2 is 2.18 bits per heavy atom. The second kappa shape index (κ2) is 6.66. The lowest BCUT2D eigenvalue weighted by Crippen LogP contribution is -2.09. The highest BCUT2D eigenvalue weighted by molar-refractivity contribution is 9.10. The van der Waals surface area contributed by atoms with Gasteiger partial charge in [-0.25, -0.2) is 4.98 Å². The third-order valence-electron chi connectivity index (χ3n) is 2.58. The monoisotopic (exact) mass is 373 g/mol. The second-order valence-electron chi connectivity index (χ2n) is 3.98. The van der Waals surface area contributed by atoms with Gasteiger partial charge in [0.05, 0.1) is 5.01 Å². The van der Waals surface area contributed by atoms with E-state index in [1.54, 1.807) is 11.3 Å². The number of alkyl halides is 1. The number of hydrogen-bond acceptors (Lipinski definition) is 2. The summed E-state index contributed by atoms with van der Waals surface area (Å²) in [5.41, 5.74) is 1.38. The van der Waals surface area contributed by atoms with E-state index in [0.717, 1.165) is 22.6 Å². The third kappa shape index (κ3) is 4.19. The van der Waals surface area contributed by atoms with Gasteiger partial charge in [0.15, 0.2) is 0 Å². The van der Waals surface area contributed by atoms with Crippen LogP contribution in [-0.2, 0) is 12.8 Å². The van der Waals surface area contributed by atoms with Crippen LogP contribution in [-0.4, -0.2) is 10.3 Å². The van der Waals surface area contributed by atoms with E-state index in [9.17, 15) is 0 Å². The number of nitrogens with zero attached hydrogens (tertiary/aromatic N) is 1.